The Bertz CT molecular complexity index is 1020. The van der Waals surface area contributed by atoms with Gasteiger partial charge in [-0.25, -0.2) is 9.97 Å². The van der Waals surface area contributed by atoms with E-state index < -0.39 is 6.04 Å². The Balaban J connectivity index is 1.45. The van der Waals surface area contributed by atoms with E-state index in [1.807, 2.05) is 6.07 Å². The third-order valence-electron chi connectivity index (χ3n) is 6.63. The van der Waals surface area contributed by atoms with Crippen LogP contribution >= 0.6 is 0 Å². The largest absolute Gasteiger partial charge is 0.351 e. The number of fused-ring (bicyclic) bond motifs is 4. The Hall–Kier alpha value is -2.96. The molecule has 30 heavy (non-hydrogen) atoms. The smallest absolute Gasteiger partial charge is 0.251 e. The van der Waals surface area contributed by atoms with Gasteiger partial charge in [-0.05, 0) is 44.2 Å². The highest BCUT2D eigenvalue weighted by atomic mass is 16.2. The Morgan fingerprint density at radius 3 is 2.80 bits per heavy atom. The second-order valence-corrected chi connectivity index (χ2v) is 8.58. The Morgan fingerprint density at radius 2 is 2.00 bits per heavy atom. The van der Waals surface area contributed by atoms with Crippen molar-refractivity contribution in [3.05, 3.63) is 64.4 Å². The summed E-state index contributed by atoms with van der Waals surface area (Å²) in [6.07, 6.45) is 11.2. The van der Waals surface area contributed by atoms with Crippen molar-refractivity contribution in [1.29, 1.82) is 0 Å². The topological polar surface area (TPSA) is 80.1 Å². The van der Waals surface area contributed by atoms with Crippen molar-refractivity contribution in [2.45, 2.75) is 44.1 Å². The van der Waals surface area contributed by atoms with Crippen molar-refractivity contribution in [3.63, 3.8) is 0 Å². The van der Waals surface area contributed by atoms with Crippen LogP contribution in [0.5, 0.6) is 0 Å². The molecule has 5 rings (SSSR count). The summed E-state index contributed by atoms with van der Waals surface area (Å²) < 4.78 is 1.74. The Morgan fingerprint density at radius 1 is 1.13 bits per heavy atom. The molecule has 2 aromatic rings. The molecule has 1 fully saturated rings. The zero-order chi connectivity index (χ0) is 20.5. The monoisotopic (exact) mass is 405 g/mol. The maximum absolute atomic E-state index is 13.4. The first kappa shape index (κ1) is 19.0. The molecule has 2 bridgehead atoms. The molecule has 3 atom stereocenters. The number of carbonyl (C=O) groups is 1. The van der Waals surface area contributed by atoms with Crippen molar-refractivity contribution in [1.82, 2.24) is 19.9 Å². The third-order valence-corrected chi connectivity index (χ3v) is 6.63. The standard InChI is InChI=1S/C23H27N5O2/c29-20-9-4-8-19-17-12-18(15-27(14-17)23-24-10-5-11-25-23)21(28(19)20)22(30)26-13-16-6-2-1-3-7-16/h4-6,8-11,17-18,21H,1-3,7,12-15H2,(H,26,30)/t17-,18+,21+/m0/s1. The quantitative estimate of drug-likeness (QED) is 0.791. The number of allylic oxidation sites excluding steroid dienone is 1. The third kappa shape index (κ3) is 3.53. The highest BCUT2D eigenvalue weighted by Gasteiger charge is 2.44. The van der Waals surface area contributed by atoms with E-state index in [1.165, 1.54) is 18.4 Å². The average molecular weight is 406 g/mol. The molecular formula is C23H27N5O2. The number of rotatable bonds is 4. The van der Waals surface area contributed by atoms with Gasteiger partial charge in [0.15, 0.2) is 0 Å². The lowest BCUT2D eigenvalue weighted by Gasteiger charge is -2.46. The summed E-state index contributed by atoms with van der Waals surface area (Å²) in [5.41, 5.74) is 2.15. The van der Waals surface area contributed by atoms with Crippen molar-refractivity contribution < 1.29 is 4.79 Å². The Kier molecular flexibility index (Phi) is 5.11. The van der Waals surface area contributed by atoms with Gasteiger partial charge in [0.2, 0.25) is 11.9 Å². The molecule has 0 aromatic carbocycles. The van der Waals surface area contributed by atoms with Crippen LogP contribution in [-0.4, -0.2) is 40.1 Å². The van der Waals surface area contributed by atoms with E-state index in [-0.39, 0.29) is 23.3 Å². The predicted molar refractivity (Wildman–Crippen MR) is 114 cm³/mol. The van der Waals surface area contributed by atoms with Gasteiger partial charge in [-0.15, -0.1) is 0 Å². The second-order valence-electron chi connectivity index (χ2n) is 8.58. The second kappa shape index (κ2) is 8.05. The zero-order valence-corrected chi connectivity index (χ0v) is 17.0. The van der Waals surface area contributed by atoms with E-state index in [2.05, 4.69) is 26.3 Å². The number of nitrogens with zero attached hydrogens (tertiary/aromatic N) is 4. The molecule has 156 valence electrons. The summed E-state index contributed by atoms with van der Waals surface area (Å²) in [7, 11) is 0. The number of amides is 1. The molecule has 2 aromatic heterocycles. The summed E-state index contributed by atoms with van der Waals surface area (Å²) in [6.45, 7) is 2.00. The molecule has 0 radical (unpaired) electrons. The number of nitrogens with one attached hydrogen (secondary N) is 1. The van der Waals surface area contributed by atoms with Gasteiger partial charge in [-0.2, -0.15) is 0 Å². The number of hydrogen-bond donors (Lipinski definition) is 1. The van der Waals surface area contributed by atoms with Gasteiger partial charge in [-0.1, -0.05) is 17.7 Å². The fourth-order valence-electron chi connectivity index (χ4n) is 5.26. The molecule has 0 saturated carbocycles. The number of piperidine rings is 1. The van der Waals surface area contributed by atoms with Gasteiger partial charge in [-0.3, -0.25) is 14.2 Å². The molecule has 1 amide bonds. The van der Waals surface area contributed by atoms with Gasteiger partial charge in [0.25, 0.3) is 5.56 Å². The molecule has 4 heterocycles. The summed E-state index contributed by atoms with van der Waals surface area (Å²) in [5, 5.41) is 3.13. The molecule has 7 nitrogen and oxygen atoms in total. The fraction of sp³-hybridized carbons (Fsp3) is 0.478. The van der Waals surface area contributed by atoms with Crippen molar-refractivity contribution in [3.8, 4) is 0 Å². The lowest BCUT2D eigenvalue weighted by molar-refractivity contribution is -0.126. The molecule has 0 unspecified atom stereocenters. The summed E-state index contributed by atoms with van der Waals surface area (Å²) >= 11 is 0. The molecule has 7 heteroatoms. The maximum Gasteiger partial charge on any atom is 0.251 e. The first-order chi connectivity index (χ1) is 14.7. The average Bonchev–Trinajstić information content (AvgIpc) is 2.79. The number of hydrogen-bond acceptors (Lipinski definition) is 5. The van der Waals surface area contributed by atoms with Crippen LogP contribution in [0, 0.1) is 5.92 Å². The Labute approximate surface area is 175 Å². The van der Waals surface area contributed by atoms with Gasteiger partial charge in [0, 0.05) is 55.6 Å². The van der Waals surface area contributed by atoms with Crippen LogP contribution in [0.4, 0.5) is 5.95 Å². The van der Waals surface area contributed by atoms with Crippen molar-refractivity contribution in [2.75, 3.05) is 24.5 Å². The van der Waals surface area contributed by atoms with E-state index >= 15 is 0 Å². The number of anilines is 1. The predicted octanol–water partition coefficient (Wildman–Crippen LogP) is 2.42. The fourth-order valence-corrected chi connectivity index (χ4v) is 5.26. The molecule has 0 spiro atoms. The number of carbonyl (C=O) groups excluding carboxylic acids is 1. The van der Waals surface area contributed by atoms with Crippen molar-refractivity contribution >= 4 is 11.9 Å². The van der Waals surface area contributed by atoms with Crippen LogP contribution in [0.2, 0.25) is 0 Å². The first-order valence-corrected chi connectivity index (χ1v) is 10.9. The minimum absolute atomic E-state index is 0.0421. The molecule has 1 aliphatic carbocycles. The van der Waals surface area contributed by atoms with Crippen LogP contribution < -0.4 is 15.8 Å². The highest BCUT2D eigenvalue weighted by molar-refractivity contribution is 5.81. The van der Waals surface area contributed by atoms with E-state index in [0.717, 1.165) is 31.5 Å². The van der Waals surface area contributed by atoms with Gasteiger partial charge < -0.3 is 10.2 Å². The number of pyridine rings is 1. The van der Waals surface area contributed by atoms with E-state index in [1.54, 1.807) is 35.2 Å². The molecular weight excluding hydrogens is 378 g/mol. The zero-order valence-electron chi connectivity index (χ0n) is 17.0. The van der Waals surface area contributed by atoms with Crippen LogP contribution in [0.1, 0.15) is 49.8 Å². The lowest BCUT2D eigenvalue weighted by atomic mass is 9.78. The van der Waals surface area contributed by atoms with Gasteiger partial charge >= 0.3 is 0 Å². The van der Waals surface area contributed by atoms with Crippen LogP contribution in [0.25, 0.3) is 0 Å². The molecule has 2 aliphatic heterocycles. The highest BCUT2D eigenvalue weighted by Crippen LogP contribution is 2.41. The summed E-state index contributed by atoms with van der Waals surface area (Å²) in [6, 6.07) is 6.66. The van der Waals surface area contributed by atoms with Crippen LogP contribution in [-0.2, 0) is 4.79 Å². The molecule has 3 aliphatic rings. The van der Waals surface area contributed by atoms with Crippen molar-refractivity contribution in [2.24, 2.45) is 5.92 Å². The minimum atomic E-state index is -0.499. The van der Waals surface area contributed by atoms with Gasteiger partial charge in [0.1, 0.15) is 6.04 Å². The van der Waals surface area contributed by atoms with Crippen LogP contribution in [0.3, 0.4) is 0 Å². The number of aromatic nitrogens is 3. The normalized spacial score (nSPS) is 25.3. The SMILES string of the molecule is O=C(NCC1=CCCCC1)[C@H]1[C@@H]2C[C@@H](CN(c3ncccn3)C2)c2cccc(=O)n21. The molecule has 1 saturated heterocycles. The van der Waals surface area contributed by atoms with E-state index in [9.17, 15) is 9.59 Å². The minimum Gasteiger partial charge on any atom is -0.351 e. The van der Waals surface area contributed by atoms with Gasteiger partial charge in [0.05, 0.1) is 0 Å². The van der Waals surface area contributed by atoms with Crippen LogP contribution in [0.15, 0.2) is 53.1 Å². The summed E-state index contributed by atoms with van der Waals surface area (Å²) in [5.74, 6) is 0.854. The van der Waals surface area contributed by atoms with E-state index in [0.29, 0.717) is 19.0 Å². The first-order valence-electron chi connectivity index (χ1n) is 10.9. The lowest BCUT2D eigenvalue weighted by Crippen LogP contribution is -2.53. The maximum atomic E-state index is 13.4. The molecule has 1 N–H and O–H groups in total. The summed E-state index contributed by atoms with van der Waals surface area (Å²) in [4.78, 5) is 37.1. The van der Waals surface area contributed by atoms with E-state index in [4.69, 9.17) is 0 Å².